The summed E-state index contributed by atoms with van der Waals surface area (Å²) in [5.41, 5.74) is 0.0790. The van der Waals surface area contributed by atoms with Crippen LogP contribution >= 0.6 is 34.8 Å². The van der Waals surface area contributed by atoms with Gasteiger partial charge >= 0.3 is 5.97 Å². The Morgan fingerprint density at radius 2 is 2.12 bits per heavy atom. The molecule has 1 rings (SSSR count). The van der Waals surface area contributed by atoms with Gasteiger partial charge in [-0.1, -0.05) is 48.1 Å². The van der Waals surface area contributed by atoms with Gasteiger partial charge in [-0.05, 0) is 12.5 Å². The number of carbonyl (C=O) groups excluding carboxylic acids is 1. The van der Waals surface area contributed by atoms with Gasteiger partial charge in [-0.25, -0.2) is 4.79 Å². The second kappa shape index (κ2) is 6.33. The average molecular weight is 281 g/mol. The van der Waals surface area contributed by atoms with Crippen LogP contribution in [0.1, 0.15) is 30.1 Å². The number of hydrogen-bond acceptors (Lipinski definition) is 2. The molecule has 0 saturated carbocycles. The number of unbranched alkanes of at least 4 members (excludes halogenated alkanes) is 1. The molecule has 0 aromatic heterocycles. The van der Waals surface area contributed by atoms with Gasteiger partial charge in [0.05, 0.1) is 27.2 Å². The summed E-state index contributed by atoms with van der Waals surface area (Å²) < 4.78 is 4.99. The Morgan fingerprint density at radius 3 is 2.75 bits per heavy atom. The van der Waals surface area contributed by atoms with E-state index in [9.17, 15) is 4.79 Å². The van der Waals surface area contributed by atoms with E-state index in [2.05, 4.69) is 6.07 Å². The maximum atomic E-state index is 11.6. The quantitative estimate of drug-likeness (QED) is 0.464. The molecule has 0 atom stereocenters. The van der Waals surface area contributed by atoms with Crippen molar-refractivity contribution in [3.63, 3.8) is 0 Å². The van der Waals surface area contributed by atoms with Crippen LogP contribution in [0.5, 0.6) is 0 Å². The van der Waals surface area contributed by atoms with Crippen LogP contribution in [0.3, 0.4) is 0 Å². The van der Waals surface area contributed by atoms with E-state index in [0.717, 1.165) is 12.8 Å². The second-order valence-corrected chi connectivity index (χ2v) is 4.34. The number of carbonyl (C=O) groups is 1. The first-order chi connectivity index (χ1) is 7.56. The van der Waals surface area contributed by atoms with Crippen LogP contribution in [-0.4, -0.2) is 12.6 Å². The third-order valence-corrected chi connectivity index (χ3v) is 2.85. The number of ether oxygens (including phenoxy) is 1. The Kier molecular flexibility index (Phi) is 5.39. The molecule has 16 heavy (non-hydrogen) atoms. The highest BCUT2D eigenvalue weighted by Crippen LogP contribution is 2.29. The predicted molar refractivity (Wildman–Crippen MR) is 65.5 cm³/mol. The molecule has 0 unspecified atom stereocenters. The van der Waals surface area contributed by atoms with Crippen molar-refractivity contribution in [2.45, 2.75) is 19.8 Å². The third-order valence-electron chi connectivity index (χ3n) is 1.86. The van der Waals surface area contributed by atoms with Crippen molar-refractivity contribution in [1.82, 2.24) is 0 Å². The molecule has 0 aliphatic carbocycles. The van der Waals surface area contributed by atoms with Gasteiger partial charge in [0.15, 0.2) is 0 Å². The molecule has 0 amide bonds. The van der Waals surface area contributed by atoms with Crippen molar-refractivity contribution >= 4 is 40.8 Å². The Hall–Kier alpha value is -0.440. The molecule has 0 aliphatic heterocycles. The molecule has 1 aromatic rings. The zero-order valence-electron chi connectivity index (χ0n) is 8.65. The zero-order chi connectivity index (χ0) is 12.1. The minimum Gasteiger partial charge on any atom is -0.462 e. The maximum Gasteiger partial charge on any atom is 0.340 e. The van der Waals surface area contributed by atoms with Crippen LogP contribution in [-0.2, 0) is 4.74 Å². The lowest BCUT2D eigenvalue weighted by Crippen LogP contribution is -2.07. The van der Waals surface area contributed by atoms with E-state index < -0.39 is 5.97 Å². The summed E-state index contributed by atoms with van der Waals surface area (Å²) in [6, 6.07) is 4.04. The first kappa shape index (κ1) is 13.6. The molecular formula is C11H10Cl3O2. The highest BCUT2D eigenvalue weighted by Gasteiger charge is 2.16. The third kappa shape index (κ3) is 3.55. The average Bonchev–Trinajstić information content (AvgIpc) is 2.23. The van der Waals surface area contributed by atoms with Gasteiger partial charge in [0.1, 0.15) is 0 Å². The summed E-state index contributed by atoms with van der Waals surface area (Å²) in [5.74, 6) is -0.553. The lowest BCUT2D eigenvalue weighted by Gasteiger charge is -2.06. The zero-order valence-corrected chi connectivity index (χ0v) is 10.9. The van der Waals surface area contributed by atoms with E-state index in [1.165, 1.54) is 6.07 Å². The molecule has 1 radical (unpaired) electrons. The highest BCUT2D eigenvalue weighted by atomic mass is 35.5. The summed E-state index contributed by atoms with van der Waals surface area (Å²) >= 11 is 17.4. The minimum atomic E-state index is -0.553. The van der Waals surface area contributed by atoms with E-state index in [0.29, 0.717) is 6.61 Å². The van der Waals surface area contributed by atoms with Crippen molar-refractivity contribution in [1.29, 1.82) is 0 Å². The molecule has 0 heterocycles. The SMILES string of the molecule is CCCCOC(=O)c1[c]c(Cl)cc(Cl)c1Cl. The molecule has 2 nitrogen and oxygen atoms in total. The molecule has 0 fully saturated rings. The van der Waals surface area contributed by atoms with Gasteiger partial charge in [-0.3, -0.25) is 0 Å². The van der Waals surface area contributed by atoms with Crippen molar-refractivity contribution in [3.8, 4) is 0 Å². The molecule has 0 bridgehead atoms. The Balaban J connectivity index is 2.82. The predicted octanol–water partition coefficient (Wildman–Crippen LogP) is 4.40. The van der Waals surface area contributed by atoms with Crippen LogP contribution in [0.25, 0.3) is 0 Å². The summed E-state index contributed by atoms with van der Waals surface area (Å²) in [6.07, 6.45) is 1.75. The fourth-order valence-corrected chi connectivity index (χ4v) is 1.67. The lowest BCUT2D eigenvalue weighted by atomic mass is 10.2. The minimum absolute atomic E-state index is 0.0790. The highest BCUT2D eigenvalue weighted by molar-refractivity contribution is 6.44. The Bertz CT molecular complexity index is 391. The molecular weight excluding hydrogens is 270 g/mol. The number of esters is 1. The van der Waals surface area contributed by atoms with Gasteiger partial charge in [0.25, 0.3) is 0 Å². The van der Waals surface area contributed by atoms with E-state index in [-0.39, 0.29) is 20.6 Å². The maximum absolute atomic E-state index is 11.6. The summed E-state index contributed by atoms with van der Waals surface area (Å²) in [4.78, 5) is 11.6. The van der Waals surface area contributed by atoms with Crippen LogP contribution in [0.2, 0.25) is 15.1 Å². The molecule has 0 aliphatic rings. The van der Waals surface area contributed by atoms with Crippen LogP contribution in [0, 0.1) is 6.07 Å². The molecule has 5 heteroatoms. The lowest BCUT2D eigenvalue weighted by molar-refractivity contribution is 0.0499. The van der Waals surface area contributed by atoms with Gasteiger partial charge < -0.3 is 4.74 Å². The number of rotatable bonds is 4. The Morgan fingerprint density at radius 1 is 1.44 bits per heavy atom. The van der Waals surface area contributed by atoms with Crippen molar-refractivity contribution < 1.29 is 9.53 Å². The number of hydrogen-bond donors (Lipinski definition) is 0. The van der Waals surface area contributed by atoms with Gasteiger partial charge in [-0.15, -0.1) is 0 Å². The van der Waals surface area contributed by atoms with E-state index in [1.54, 1.807) is 0 Å². The van der Waals surface area contributed by atoms with E-state index in [4.69, 9.17) is 39.5 Å². The Labute approximate surface area is 109 Å². The van der Waals surface area contributed by atoms with Crippen molar-refractivity contribution in [2.75, 3.05) is 6.61 Å². The molecule has 87 valence electrons. The number of halogens is 3. The van der Waals surface area contributed by atoms with E-state index in [1.807, 2.05) is 6.92 Å². The summed E-state index contributed by atoms with van der Waals surface area (Å²) in [5, 5.41) is 0.567. The smallest absolute Gasteiger partial charge is 0.340 e. The van der Waals surface area contributed by atoms with Gasteiger partial charge in [0.2, 0.25) is 0 Å². The van der Waals surface area contributed by atoms with E-state index >= 15 is 0 Å². The topological polar surface area (TPSA) is 26.3 Å². The van der Waals surface area contributed by atoms with Crippen molar-refractivity contribution in [2.24, 2.45) is 0 Å². The molecule has 0 spiro atoms. The van der Waals surface area contributed by atoms with Crippen molar-refractivity contribution in [3.05, 3.63) is 32.8 Å². The molecule has 0 saturated heterocycles. The normalized spacial score (nSPS) is 10.2. The van der Waals surface area contributed by atoms with Crippen LogP contribution < -0.4 is 0 Å². The first-order valence-electron chi connectivity index (χ1n) is 4.80. The molecule has 0 N–H and O–H groups in total. The van der Waals surface area contributed by atoms with Gasteiger partial charge in [0, 0.05) is 6.07 Å². The van der Waals surface area contributed by atoms with Gasteiger partial charge in [-0.2, -0.15) is 0 Å². The number of benzene rings is 1. The fourth-order valence-electron chi connectivity index (χ4n) is 1.03. The standard InChI is InChI=1S/C11H10Cl3O2/c1-2-3-4-16-11(15)8-5-7(12)6-9(13)10(8)14/h6H,2-4H2,1H3. The monoisotopic (exact) mass is 279 g/mol. The summed E-state index contributed by atoms with van der Waals surface area (Å²) in [7, 11) is 0. The van der Waals surface area contributed by atoms with Crippen LogP contribution in [0.15, 0.2) is 6.07 Å². The van der Waals surface area contributed by atoms with Crippen LogP contribution in [0.4, 0.5) is 0 Å². The fraction of sp³-hybridized carbons (Fsp3) is 0.364. The first-order valence-corrected chi connectivity index (χ1v) is 5.93. The second-order valence-electron chi connectivity index (χ2n) is 3.14. The molecule has 1 aromatic carbocycles. The summed E-state index contributed by atoms with van der Waals surface area (Å²) in [6.45, 7) is 2.35. The largest absolute Gasteiger partial charge is 0.462 e.